The van der Waals surface area contributed by atoms with Crippen LogP contribution in [0.15, 0.2) is 35.6 Å². The number of aromatic nitrogens is 2. The quantitative estimate of drug-likeness (QED) is 0.404. The molecule has 0 unspecified atom stereocenters. The first-order valence-electron chi connectivity index (χ1n) is 7.65. The van der Waals surface area contributed by atoms with E-state index >= 15 is 0 Å². The van der Waals surface area contributed by atoms with E-state index in [-0.39, 0.29) is 5.91 Å². The van der Waals surface area contributed by atoms with Crippen LogP contribution in [0.2, 0.25) is 10.2 Å². The summed E-state index contributed by atoms with van der Waals surface area (Å²) in [4.78, 5) is 19.9. The van der Waals surface area contributed by atoms with Crippen LogP contribution in [-0.2, 0) is 13.6 Å². The SMILES string of the molecule is CN=C(NCCNC(=O)c1cccnc1)NCc1cc(Cl)c(Cl)n1C. The van der Waals surface area contributed by atoms with Crippen LogP contribution in [0.4, 0.5) is 0 Å². The Kier molecular flexibility index (Phi) is 7.09. The number of amides is 1. The first-order chi connectivity index (χ1) is 12.0. The van der Waals surface area contributed by atoms with E-state index in [2.05, 4.69) is 25.9 Å². The predicted molar refractivity (Wildman–Crippen MR) is 100 cm³/mol. The Morgan fingerprint density at radius 1 is 1.28 bits per heavy atom. The van der Waals surface area contributed by atoms with Crippen LogP contribution in [0.25, 0.3) is 0 Å². The summed E-state index contributed by atoms with van der Waals surface area (Å²) in [6.45, 7) is 1.50. The summed E-state index contributed by atoms with van der Waals surface area (Å²) in [6.07, 6.45) is 3.15. The Morgan fingerprint density at radius 2 is 2.04 bits per heavy atom. The number of guanidine groups is 1. The minimum atomic E-state index is -0.161. The largest absolute Gasteiger partial charge is 0.355 e. The highest BCUT2D eigenvalue weighted by atomic mass is 35.5. The lowest BCUT2D eigenvalue weighted by Crippen LogP contribution is -2.41. The molecule has 0 aromatic carbocycles. The Bertz CT molecular complexity index is 745. The first-order valence-corrected chi connectivity index (χ1v) is 8.41. The fraction of sp³-hybridized carbons (Fsp3) is 0.312. The van der Waals surface area contributed by atoms with E-state index in [1.54, 1.807) is 36.0 Å². The Morgan fingerprint density at radius 3 is 2.64 bits per heavy atom. The summed E-state index contributed by atoms with van der Waals surface area (Å²) in [5.41, 5.74) is 1.46. The first kappa shape index (κ1) is 19.1. The molecule has 2 heterocycles. The Balaban J connectivity index is 1.73. The average Bonchev–Trinajstić information content (AvgIpc) is 2.88. The van der Waals surface area contributed by atoms with Crippen molar-refractivity contribution in [1.29, 1.82) is 0 Å². The van der Waals surface area contributed by atoms with Gasteiger partial charge in [-0.2, -0.15) is 0 Å². The number of nitrogens with one attached hydrogen (secondary N) is 3. The van der Waals surface area contributed by atoms with Crippen molar-refractivity contribution in [2.75, 3.05) is 20.1 Å². The second-order valence-corrected chi connectivity index (χ2v) is 5.95. The molecule has 0 radical (unpaired) electrons. The van der Waals surface area contributed by atoms with Crippen molar-refractivity contribution < 1.29 is 4.79 Å². The molecule has 9 heteroatoms. The van der Waals surface area contributed by atoms with E-state index in [0.29, 0.717) is 41.3 Å². The van der Waals surface area contributed by atoms with Crippen LogP contribution in [0.1, 0.15) is 16.1 Å². The van der Waals surface area contributed by atoms with Crippen LogP contribution >= 0.6 is 23.2 Å². The second kappa shape index (κ2) is 9.29. The van der Waals surface area contributed by atoms with Gasteiger partial charge in [0.2, 0.25) is 0 Å². The summed E-state index contributed by atoms with van der Waals surface area (Å²) in [5.74, 6) is 0.454. The molecule has 1 amide bonds. The molecular weight excluding hydrogens is 363 g/mol. The Hall–Kier alpha value is -2.25. The van der Waals surface area contributed by atoms with E-state index in [1.165, 1.54) is 6.20 Å². The van der Waals surface area contributed by atoms with Gasteiger partial charge >= 0.3 is 0 Å². The molecule has 0 bridgehead atoms. The van der Waals surface area contributed by atoms with Crippen molar-refractivity contribution in [2.45, 2.75) is 6.54 Å². The molecule has 25 heavy (non-hydrogen) atoms. The van der Waals surface area contributed by atoms with E-state index in [9.17, 15) is 4.79 Å². The van der Waals surface area contributed by atoms with Gasteiger partial charge in [0.1, 0.15) is 5.15 Å². The Labute approximate surface area is 156 Å². The van der Waals surface area contributed by atoms with E-state index in [1.807, 2.05) is 7.05 Å². The number of nitrogens with zero attached hydrogens (tertiary/aromatic N) is 3. The molecule has 0 aliphatic carbocycles. The third kappa shape index (κ3) is 5.37. The van der Waals surface area contributed by atoms with Crippen molar-refractivity contribution >= 4 is 35.1 Å². The molecule has 2 aromatic rings. The lowest BCUT2D eigenvalue weighted by atomic mass is 10.3. The molecule has 0 spiro atoms. The van der Waals surface area contributed by atoms with Gasteiger partial charge in [0.25, 0.3) is 5.91 Å². The number of hydrogen-bond acceptors (Lipinski definition) is 3. The van der Waals surface area contributed by atoms with Gasteiger partial charge in [-0.1, -0.05) is 23.2 Å². The number of hydrogen-bond donors (Lipinski definition) is 3. The summed E-state index contributed by atoms with van der Waals surface area (Å²) >= 11 is 12.0. The van der Waals surface area contributed by atoms with Gasteiger partial charge in [0, 0.05) is 45.3 Å². The smallest absolute Gasteiger partial charge is 0.252 e. The number of carbonyl (C=O) groups is 1. The highest BCUT2D eigenvalue weighted by molar-refractivity contribution is 6.41. The van der Waals surface area contributed by atoms with Crippen molar-refractivity contribution in [2.24, 2.45) is 12.0 Å². The van der Waals surface area contributed by atoms with Crippen molar-refractivity contribution in [3.63, 3.8) is 0 Å². The second-order valence-electron chi connectivity index (χ2n) is 5.18. The normalized spacial score (nSPS) is 11.3. The molecule has 134 valence electrons. The van der Waals surface area contributed by atoms with Gasteiger partial charge in [0.05, 0.1) is 17.1 Å². The number of carbonyl (C=O) groups excluding carboxylic acids is 1. The topological polar surface area (TPSA) is 83.3 Å². The summed E-state index contributed by atoms with van der Waals surface area (Å²) < 4.78 is 1.80. The van der Waals surface area contributed by atoms with Gasteiger partial charge in [-0.3, -0.25) is 14.8 Å². The fourth-order valence-corrected chi connectivity index (χ4v) is 2.53. The third-order valence-corrected chi connectivity index (χ3v) is 4.34. The number of aliphatic imine (C=N–C) groups is 1. The molecule has 0 aliphatic heterocycles. The van der Waals surface area contributed by atoms with Crippen LogP contribution < -0.4 is 16.0 Å². The monoisotopic (exact) mass is 382 g/mol. The molecular formula is C16H20Cl2N6O. The van der Waals surface area contributed by atoms with Crippen molar-refractivity contribution in [3.05, 3.63) is 52.0 Å². The maximum absolute atomic E-state index is 11.9. The minimum absolute atomic E-state index is 0.161. The lowest BCUT2D eigenvalue weighted by Gasteiger charge is -2.13. The predicted octanol–water partition coefficient (Wildman–Crippen LogP) is 1.82. The zero-order valence-electron chi connectivity index (χ0n) is 14.0. The van der Waals surface area contributed by atoms with Gasteiger partial charge in [-0.15, -0.1) is 0 Å². The van der Waals surface area contributed by atoms with Gasteiger partial charge in [0.15, 0.2) is 5.96 Å². The van der Waals surface area contributed by atoms with Crippen LogP contribution in [0.5, 0.6) is 0 Å². The van der Waals surface area contributed by atoms with Crippen LogP contribution in [-0.4, -0.2) is 41.6 Å². The molecule has 0 saturated carbocycles. The number of pyridine rings is 1. The zero-order valence-corrected chi connectivity index (χ0v) is 15.5. The molecule has 0 atom stereocenters. The van der Waals surface area contributed by atoms with E-state index < -0.39 is 0 Å². The zero-order chi connectivity index (χ0) is 18.2. The van der Waals surface area contributed by atoms with E-state index in [0.717, 1.165) is 5.69 Å². The molecule has 2 rings (SSSR count). The van der Waals surface area contributed by atoms with E-state index in [4.69, 9.17) is 23.2 Å². The molecule has 0 saturated heterocycles. The molecule has 2 aromatic heterocycles. The van der Waals surface area contributed by atoms with Crippen molar-refractivity contribution in [3.8, 4) is 0 Å². The third-order valence-electron chi connectivity index (χ3n) is 3.50. The maximum Gasteiger partial charge on any atom is 0.252 e. The molecule has 7 nitrogen and oxygen atoms in total. The molecule has 3 N–H and O–H groups in total. The summed E-state index contributed by atoms with van der Waals surface area (Å²) in [5, 5.41) is 10.1. The summed E-state index contributed by atoms with van der Waals surface area (Å²) in [7, 11) is 3.52. The molecule has 0 aliphatic rings. The highest BCUT2D eigenvalue weighted by Crippen LogP contribution is 2.24. The van der Waals surface area contributed by atoms with Gasteiger partial charge in [-0.25, -0.2) is 0 Å². The lowest BCUT2D eigenvalue weighted by molar-refractivity contribution is 0.0954. The van der Waals surface area contributed by atoms with Crippen molar-refractivity contribution in [1.82, 2.24) is 25.5 Å². The van der Waals surface area contributed by atoms with Gasteiger partial charge < -0.3 is 20.5 Å². The average molecular weight is 383 g/mol. The number of rotatable bonds is 6. The molecule has 0 fully saturated rings. The van der Waals surface area contributed by atoms with Gasteiger partial charge in [-0.05, 0) is 18.2 Å². The number of halogens is 2. The maximum atomic E-state index is 11.9. The minimum Gasteiger partial charge on any atom is -0.355 e. The van der Waals surface area contributed by atoms with Crippen LogP contribution in [0.3, 0.4) is 0 Å². The van der Waals surface area contributed by atoms with Crippen LogP contribution in [0, 0.1) is 0 Å². The fourth-order valence-electron chi connectivity index (χ4n) is 2.11. The standard InChI is InChI=1S/C16H20Cl2N6O/c1-19-16(23-10-12-8-13(17)14(18)24(12)2)22-7-6-21-15(25)11-4-3-5-20-9-11/h3-5,8-9H,6-7,10H2,1-2H3,(H,21,25)(H2,19,22,23). The highest BCUT2D eigenvalue weighted by Gasteiger charge is 2.09. The summed E-state index contributed by atoms with van der Waals surface area (Å²) in [6, 6.07) is 5.24.